The minimum Gasteiger partial charge on any atom is -0.481 e. The van der Waals surface area contributed by atoms with Crippen molar-refractivity contribution in [1.82, 2.24) is 19.5 Å². The Bertz CT molecular complexity index is 795. The van der Waals surface area contributed by atoms with Crippen molar-refractivity contribution < 1.29 is 19.4 Å². The predicted octanol–water partition coefficient (Wildman–Crippen LogP) is 1.44. The monoisotopic (exact) mass is 346 g/mol. The second kappa shape index (κ2) is 7.18. The molecule has 3 heterocycles. The summed E-state index contributed by atoms with van der Waals surface area (Å²) in [5.41, 5.74) is 2.62. The average molecular weight is 346 g/mol. The number of aliphatic carboxylic acids is 1. The highest BCUT2D eigenvalue weighted by atomic mass is 16.5. The van der Waals surface area contributed by atoms with Crippen molar-refractivity contribution in [2.45, 2.75) is 39.2 Å². The Morgan fingerprint density at radius 3 is 2.76 bits per heavy atom. The third-order valence-corrected chi connectivity index (χ3v) is 4.47. The molecule has 1 amide bonds. The first-order valence-corrected chi connectivity index (χ1v) is 8.40. The summed E-state index contributed by atoms with van der Waals surface area (Å²) in [4.78, 5) is 30.3. The fourth-order valence-corrected chi connectivity index (χ4v) is 3.24. The summed E-state index contributed by atoms with van der Waals surface area (Å²) in [7, 11) is 0. The van der Waals surface area contributed by atoms with Gasteiger partial charge < -0.3 is 14.7 Å². The van der Waals surface area contributed by atoms with Crippen molar-refractivity contribution in [1.29, 1.82) is 0 Å². The maximum absolute atomic E-state index is 13.2. The molecule has 1 N–H and O–H groups in total. The van der Waals surface area contributed by atoms with Crippen molar-refractivity contribution in [3.63, 3.8) is 0 Å². The molecule has 25 heavy (non-hydrogen) atoms. The van der Waals surface area contributed by atoms with Crippen LogP contribution in [0.3, 0.4) is 0 Å². The van der Waals surface area contributed by atoms with E-state index in [0.29, 0.717) is 37.3 Å². The van der Waals surface area contributed by atoms with E-state index >= 15 is 0 Å². The van der Waals surface area contributed by atoms with Gasteiger partial charge in [0.15, 0.2) is 5.65 Å². The first-order chi connectivity index (χ1) is 12.0. The molecule has 8 nitrogen and oxygen atoms in total. The molecule has 1 aliphatic rings. The Balaban J connectivity index is 1.94. The van der Waals surface area contributed by atoms with E-state index in [1.54, 1.807) is 9.42 Å². The van der Waals surface area contributed by atoms with Crippen LogP contribution in [-0.4, -0.2) is 62.3 Å². The number of amides is 1. The molecule has 1 saturated heterocycles. The van der Waals surface area contributed by atoms with Crippen LogP contribution < -0.4 is 0 Å². The van der Waals surface area contributed by atoms with E-state index < -0.39 is 5.97 Å². The molecule has 1 aliphatic heterocycles. The summed E-state index contributed by atoms with van der Waals surface area (Å²) in [5, 5.41) is 13.3. The maximum atomic E-state index is 13.2. The quantitative estimate of drug-likeness (QED) is 0.880. The third kappa shape index (κ3) is 3.63. The van der Waals surface area contributed by atoms with Crippen molar-refractivity contribution in [3.05, 3.63) is 29.2 Å². The first-order valence-electron chi connectivity index (χ1n) is 8.40. The highest BCUT2D eigenvalue weighted by molar-refractivity contribution is 6.00. The van der Waals surface area contributed by atoms with Gasteiger partial charge in [-0.1, -0.05) is 0 Å². The fourth-order valence-electron chi connectivity index (χ4n) is 3.24. The van der Waals surface area contributed by atoms with E-state index in [4.69, 9.17) is 9.84 Å². The van der Waals surface area contributed by atoms with Crippen LogP contribution in [0.25, 0.3) is 5.65 Å². The minimum atomic E-state index is -0.922. The van der Waals surface area contributed by atoms with Crippen molar-refractivity contribution in [3.8, 4) is 0 Å². The van der Waals surface area contributed by atoms with Gasteiger partial charge in [0.05, 0.1) is 12.6 Å². The topological polar surface area (TPSA) is 97.0 Å². The molecule has 0 unspecified atom stereocenters. The van der Waals surface area contributed by atoms with Gasteiger partial charge in [-0.25, -0.2) is 9.50 Å². The first kappa shape index (κ1) is 17.3. The average Bonchev–Trinajstić information content (AvgIpc) is 2.99. The number of hydrogen-bond acceptors (Lipinski definition) is 5. The van der Waals surface area contributed by atoms with Gasteiger partial charge in [0.1, 0.15) is 5.56 Å². The lowest BCUT2D eigenvalue weighted by Gasteiger charge is -2.33. The predicted molar refractivity (Wildman–Crippen MR) is 89.6 cm³/mol. The van der Waals surface area contributed by atoms with Crippen molar-refractivity contribution in [2.75, 3.05) is 19.8 Å². The number of ether oxygens (including phenoxy) is 1. The Morgan fingerprint density at radius 1 is 1.36 bits per heavy atom. The van der Waals surface area contributed by atoms with Crippen LogP contribution in [-0.2, 0) is 9.53 Å². The number of aromatic nitrogens is 3. The zero-order chi connectivity index (χ0) is 18.0. The second-order valence-electron chi connectivity index (χ2n) is 6.32. The summed E-state index contributed by atoms with van der Waals surface area (Å²) in [6, 6.07) is 1.87. The molecule has 1 fully saturated rings. The summed E-state index contributed by atoms with van der Waals surface area (Å²) >= 11 is 0. The lowest BCUT2D eigenvalue weighted by molar-refractivity contribution is -0.137. The Morgan fingerprint density at radius 2 is 2.08 bits per heavy atom. The molecule has 8 heteroatoms. The molecule has 0 aliphatic carbocycles. The standard InChI is InChI=1S/C17H22N4O4/c1-11-9-12(2)21-16(19-11)14(10-18-21)17(24)20(6-3-15(22)23)13-4-7-25-8-5-13/h9-10,13H,3-8H2,1-2H3,(H,22,23). The molecule has 3 rings (SSSR count). The SMILES string of the molecule is Cc1cc(C)n2ncc(C(=O)N(CCC(=O)O)C3CCOCC3)c2n1. The highest BCUT2D eigenvalue weighted by Gasteiger charge is 2.29. The maximum Gasteiger partial charge on any atom is 0.305 e. The minimum absolute atomic E-state index is 0.0264. The number of aryl methyl sites for hydroxylation is 2. The van der Waals surface area contributed by atoms with E-state index in [0.717, 1.165) is 11.4 Å². The van der Waals surface area contributed by atoms with Gasteiger partial charge in [0, 0.05) is 37.2 Å². The molecule has 0 atom stereocenters. The largest absolute Gasteiger partial charge is 0.481 e. The molecule has 134 valence electrons. The number of carbonyl (C=O) groups is 2. The molecule has 0 aromatic carbocycles. The summed E-state index contributed by atoms with van der Waals surface area (Å²) in [5.74, 6) is -1.14. The van der Waals surface area contributed by atoms with E-state index in [2.05, 4.69) is 10.1 Å². The van der Waals surface area contributed by atoms with Gasteiger partial charge in [0.2, 0.25) is 0 Å². The lowest BCUT2D eigenvalue weighted by atomic mass is 10.1. The summed E-state index contributed by atoms with van der Waals surface area (Å²) in [6.45, 7) is 5.10. The number of carboxylic acids is 1. The van der Waals surface area contributed by atoms with Gasteiger partial charge in [-0.2, -0.15) is 5.10 Å². The molecule has 2 aromatic heterocycles. The fraction of sp³-hybridized carbons (Fsp3) is 0.529. The second-order valence-corrected chi connectivity index (χ2v) is 6.32. The van der Waals surface area contributed by atoms with Crippen molar-refractivity contribution in [2.24, 2.45) is 0 Å². The summed E-state index contributed by atoms with van der Waals surface area (Å²) in [6.07, 6.45) is 2.84. The number of rotatable bonds is 5. The van der Waals surface area contributed by atoms with Gasteiger partial charge in [-0.3, -0.25) is 9.59 Å². The van der Waals surface area contributed by atoms with Crippen LogP contribution in [0.1, 0.15) is 41.0 Å². The van der Waals surface area contributed by atoms with Crippen LogP contribution in [0.15, 0.2) is 12.3 Å². The molecule has 2 aromatic rings. The molecule has 0 radical (unpaired) electrons. The van der Waals surface area contributed by atoms with E-state index in [1.807, 2.05) is 19.9 Å². The van der Waals surface area contributed by atoms with E-state index in [1.165, 1.54) is 6.20 Å². The summed E-state index contributed by atoms with van der Waals surface area (Å²) < 4.78 is 7.00. The zero-order valence-corrected chi connectivity index (χ0v) is 14.4. The molecule has 0 saturated carbocycles. The van der Waals surface area contributed by atoms with Crippen LogP contribution in [0.2, 0.25) is 0 Å². The Labute approximate surface area is 145 Å². The molecular weight excluding hydrogens is 324 g/mol. The number of fused-ring (bicyclic) bond motifs is 1. The van der Waals surface area contributed by atoms with Crippen LogP contribution in [0.4, 0.5) is 0 Å². The number of hydrogen-bond donors (Lipinski definition) is 1. The van der Waals surface area contributed by atoms with Gasteiger partial charge in [-0.15, -0.1) is 0 Å². The van der Waals surface area contributed by atoms with E-state index in [-0.39, 0.29) is 24.9 Å². The normalized spacial score (nSPS) is 15.4. The Hall–Kier alpha value is -2.48. The third-order valence-electron chi connectivity index (χ3n) is 4.47. The van der Waals surface area contributed by atoms with Crippen LogP contribution in [0.5, 0.6) is 0 Å². The molecule has 0 bridgehead atoms. The zero-order valence-electron chi connectivity index (χ0n) is 14.4. The van der Waals surface area contributed by atoms with Crippen LogP contribution in [0, 0.1) is 13.8 Å². The molecule has 0 spiro atoms. The van der Waals surface area contributed by atoms with Crippen LogP contribution >= 0.6 is 0 Å². The molecular formula is C17H22N4O4. The highest BCUT2D eigenvalue weighted by Crippen LogP contribution is 2.20. The lowest BCUT2D eigenvalue weighted by Crippen LogP contribution is -2.44. The number of nitrogens with zero attached hydrogens (tertiary/aromatic N) is 4. The van der Waals surface area contributed by atoms with Gasteiger partial charge >= 0.3 is 5.97 Å². The number of carboxylic acid groups (broad SMARTS) is 1. The Kier molecular flexibility index (Phi) is 4.98. The smallest absolute Gasteiger partial charge is 0.305 e. The number of carbonyl (C=O) groups excluding carboxylic acids is 1. The van der Waals surface area contributed by atoms with Crippen molar-refractivity contribution >= 4 is 17.5 Å². The van der Waals surface area contributed by atoms with Gasteiger partial charge in [-0.05, 0) is 32.8 Å². The van der Waals surface area contributed by atoms with E-state index in [9.17, 15) is 9.59 Å². The van der Waals surface area contributed by atoms with Gasteiger partial charge in [0.25, 0.3) is 5.91 Å².